The van der Waals surface area contributed by atoms with Crippen molar-refractivity contribution in [1.29, 1.82) is 0 Å². The van der Waals surface area contributed by atoms with Gasteiger partial charge < -0.3 is 19.4 Å². The number of nitrogens with one attached hydrogen (secondary N) is 1. The number of rotatable bonds is 12. The highest BCUT2D eigenvalue weighted by Crippen LogP contribution is 2.29. The summed E-state index contributed by atoms with van der Waals surface area (Å²) in [5.41, 5.74) is 0.864. The lowest BCUT2D eigenvalue weighted by atomic mass is 10.0. The smallest absolute Gasteiger partial charge is 0.329 e. The van der Waals surface area contributed by atoms with Crippen LogP contribution < -0.4 is 10.1 Å². The van der Waals surface area contributed by atoms with E-state index in [9.17, 15) is 18.4 Å². The van der Waals surface area contributed by atoms with Gasteiger partial charge in [-0.3, -0.25) is 4.79 Å². The fourth-order valence-electron chi connectivity index (χ4n) is 4.23. The number of amides is 1. The fraction of sp³-hybridized carbons (Fsp3) is 0.312. The average Bonchev–Trinajstić information content (AvgIpc) is 3.48. The van der Waals surface area contributed by atoms with Gasteiger partial charge in [0.05, 0.1) is 24.1 Å². The topological polar surface area (TPSA) is 95.3 Å². The molecule has 0 spiro atoms. The number of imidazole rings is 1. The number of thioether (sulfide) groups is 1. The zero-order chi connectivity index (χ0) is 31.0. The second kappa shape index (κ2) is 14.3. The highest BCUT2D eigenvalue weighted by atomic mass is 32.2. The van der Waals surface area contributed by atoms with Crippen LogP contribution in [0.2, 0.25) is 0 Å². The minimum atomic E-state index is -0.880. The van der Waals surface area contributed by atoms with Crippen molar-refractivity contribution in [2.24, 2.45) is 0 Å². The van der Waals surface area contributed by atoms with Gasteiger partial charge in [-0.05, 0) is 87.2 Å². The molecule has 0 aliphatic rings. The first-order valence-corrected chi connectivity index (χ1v) is 15.1. The number of ether oxygens (including phenoxy) is 2. The normalized spacial score (nSPS) is 12.8. The third-order valence-corrected chi connectivity index (χ3v) is 6.92. The molecule has 2 aromatic heterocycles. The maximum Gasteiger partial charge on any atom is 0.329 e. The van der Waals surface area contributed by atoms with Gasteiger partial charge in [0.15, 0.2) is 0 Å². The van der Waals surface area contributed by atoms with Gasteiger partial charge in [0.2, 0.25) is 5.88 Å². The molecule has 2 atom stereocenters. The molecule has 1 unspecified atom stereocenters. The monoisotopic (exact) mass is 608 g/mol. The average molecular weight is 609 g/mol. The molecule has 1 amide bonds. The zero-order valence-electron chi connectivity index (χ0n) is 24.4. The van der Waals surface area contributed by atoms with Crippen LogP contribution in [0.1, 0.15) is 49.2 Å². The van der Waals surface area contributed by atoms with Gasteiger partial charge in [-0.25, -0.2) is 23.5 Å². The fourth-order valence-corrected chi connectivity index (χ4v) is 4.70. The summed E-state index contributed by atoms with van der Waals surface area (Å²) in [4.78, 5) is 35.3. The summed E-state index contributed by atoms with van der Waals surface area (Å²) < 4.78 is 41.1. The highest BCUT2D eigenvalue weighted by molar-refractivity contribution is 7.98. The number of hydrogen-bond donors (Lipinski definition) is 1. The van der Waals surface area contributed by atoms with Crippen LogP contribution in [0.3, 0.4) is 0 Å². The van der Waals surface area contributed by atoms with Crippen LogP contribution in [0.4, 0.5) is 8.78 Å². The Morgan fingerprint density at radius 2 is 1.67 bits per heavy atom. The first-order chi connectivity index (χ1) is 20.5. The maximum absolute atomic E-state index is 13.8. The molecule has 2 heterocycles. The van der Waals surface area contributed by atoms with E-state index >= 15 is 0 Å². The van der Waals surface area contributed by atoms with E-state index in [1.165, 1.54) is 36.4 Å². The van der Waals surface area contributed by atoms with Crippen molar-refractivity contribution in [3.63, 3.8) is 0 Å². The molecule has 11 heteroatoms. The minimum Gasteiger partial charge on any atom is -0.468 e. The van der Waals surface area contributed by atoms with Crippen LogP contribution in [0.25, 0.3) is 11.3 Å². The van der Waals surface area contributed by atoms with E-state index < -0.39 is 35.4 Å². The molecule has 8 nitrogen and oxygen atoms in total. The van der Waals surface area contributed by atoms with Gasteiger partial charge in [0.1, 0.15) is 29.4 Å². The number of hydrogen-bond acceptors (Lipinski definition) is 7. The Bertz CT molecular complexity index is 1510. The Hall–Kier alpha value is -4.25. The number of benzene rings is 2. The summed E-state index contributed by atoms with van der Waals surface area (Å²) in [6.07, 6.45) is 6.77. The van der Waals surface area contributed by atoms with Crippen LogP contribution >= 0.6 is 11.8 Å². The van der Waals surface area contributed by atoms with E-state index in [4.69, 9.17) is 9.47 Å². The number of aromatic nitrogens is 3. The van der Waals surface area contributed by atoms with Crippen LogP contribution in [0.15, 0.2) is 79.4 Å². The van der Waals surface area contributed by atoms with Crippen LogP contribution in [0.5, 0.6) is 5.88 Å². The van der Waals surface area contributed by atoms with Crippen LogP contribution in [-0.4, -0.2) is 50.1 Å². The highest BCUT2D eigenvalue weighted by Gasteiger charge is 2.28. The number of halogens is 2. The summed E-state index contributed by atoms with van der Waals surface area (Å²) in [5.74, 6) is -1.07. The Morgan fingerprint density at radius 1 is 1.00 bits per heavy atom. The van der Waals surface area contributed by atoms with Crippen molar-refractivity contribution in [2.75, 3.05) is 12.0 Å². The molecule has 0 saturated heterocycles. The molecular weight excluding hydrogens is 574 g/mol. The first-order valence-electron chi connectivity index (χ1n) is 13.7. The van der Waals surface area contributed by atoms with Gasteiger partial charge in [0, 0.05) is 24.0 Å². The second-order valence-corrected chi connectivity index (χ2v) is 11.8. The lowest BCUT2D eigenvalue weighted by Crippen LogP contribution is -2.44. The number of pyridine rings is 1. The van der Waals surface area contributed by atoms with E-state index in [0.29, 0.717) is 29.8 Å². The Labute approximate surface area is 253 Å². The Balaban J connectivity index is 1.68. The Kier molecular flexibility index (Phi) is 10.5. The molecule has 0 bridgehead atoms. The molecular formula is C32H34F2N4O4S. The number of carbonyl (C=O) groups excluding carboxylic acids is 2. The van der Waals surface area contributed by atoms with Crippen molar-refractivity contribution in [3.8, 4) is 17.1 Å². The number of esters is 1. The molecule has 4 rings (SSSR count). The lowest BCUT2D eigenvalue weighted by Gasteiger charge is -2.25. The SMILES string of the molecule is CSCC[C@H](NC(=O)c1ccc(OC(Cn2ccnc2)c2ccc(F)cc2)nc1-c1ccc(F)cc1)C(=O)OC(C)(C)C. The molecule has 0 aliphatic carbocycles. The zero-order valence-corrected chi connectivity index (χ0v) is 25.2. The van der Waals surface area contributed by atoms with Crippen molar-refractivity contribution >= 4 is 23.6 Å². The van der Waals surface area contributed by atoms with Gasteiger partial charge in [-0.2, -0.15) is 11.8 Å². The van der Waals surface area contributed by atoms with Gasteiger partial charge in [-0.15, -0.1) is 0 Å². The Morgan fingerprint density at radius 3 is 2.28 bits per heavy atom. The molecule has 0 fully saturated rings. The molecule has 2 aromatic carbocycles. The van der Waals surface area contributed by atoms with E-state index in [2.05, 4.69) is 15.3 Å². The summed E-state index contributed by atoms with van der Waals surface area (Å²) >= 11 is 1.55. The van der Waals surface area contributed by atoms with Crippen LogP contribution in [-0.2, 0) is 16.1 Å². The summed E-state index contributed by atoms with van der Waals surface area (Å²) in [7, 11) is 0. The first kappa shape index (κ1) is 31.7. The van der Waals surface area contributed by atoms with Gasteiger partial charge in [-0.1, -0.05) is 12.1 Å². The minimum absolute atomic E-state index is 0.171. The van der Waals surface area contributed by atoms with Crippen LogP contribution in [0, 0.1) is 11.6 Å². The number of carbonyl (C=O) groups is 2. The van der Waals surface area contributed by atoms with E-state index in [0.717, 1.165) is 0 Å². The number of nitrogens with zero attached hydrogens (tertiary/aromatic N) is 3. The predicted molar refractivity (Wildman–Crippen MR) is 162 cm³/mol. The van der Waals surface area contributed by atoms with Crippen molar-refractivity contribution in [2.45, 2.75) is 51.5 Å². The lowest BCUT2D eigenvalue weighted by molar-refractivity contribution is -0.157. The van der Waals surface area contributed by atoms with E-state index in [-0.39, 0.29) is 23.0 Å². The molecule has 43 heavy (non-hydrogen) atoms. The second-order valence-electron chi connectivity index (χ2n) is 10.8. The third kappa shape index (κ3) is 9.12. The third-order valence-electron chi connectivity index (χ3n) is 6.28. The molecule has 226 valence electrons. The molecule has 0 saturated carbocycles. The predicted octanol–water partition coefficient (Wildman–Crippen LogP) is 6.24. The van der Waals surface area contributed by atoms with Gasteiger partial charge >= 0.3 is 5.97 Å². The molecule has 1 N–H and O–H groups in total. The van der Waals surface area contributed by atoms with E-state index in [1.807, 2.05) is 10.8 Å². The van der Waals surface area contributed by atoms with E-state index in [1.54, 1.807) is 75.5 Å². The quantitative estimate of drug-likeness (QED) is 0.190. The van der Waals surface area contributed by atoms with Crippen molar-refractivity contribution < 1.29 is 27.8 Å². The van der Waals surface area contributed by atoms with Crippen molar-refractivity contribution in [3.05, 3.63) is 102 Å². The maximum atomic E-state index is 13.8. The summed E-state index contributed by atoms with van der Waals surface area (Å²) in [5, 5.41) is 2.81. The summed E-state index contributed by atoms with van der Waals surface area (Å²) in [6.45, 7) is 5.65. The molecule has 0 aliphatic heterocycles. The summed E-state index contributed by atoms with van der Waals surface area (Å²) in [6, 6.07) is 13.8. The molecule has 0 radical (unpaired) electrons. The molecule has 4 aromatic rings. The standard InChI is InChI=1S/C32H34F2N4O4S/c1-32(2,3)42-31(40)26(15-18-43-4)36-30(39)25-13-14-28(37-29(25)22-7-11-24(34)12-8-22)41-27(19-38-17-16-35-20-38)21-5-9-23(33)10-6-21/h5-14,16-17,20,26-27H,15,18-19H2,1-4H3,(H,36,39)/t26-,27?/m0/s1. The largest absolute Gasteiger partial charge is 0.468 e. The van der Waals surface area contributed by atoms with Gasteiger partial charge in [0.25, 0.3) is 5.91 Å². The van der Waals surface area contributed by atoms with Crippen molar-refractivity contribution in [1.82, 2.24) is 19.9 Å².